The molecule has 0 amide bonds. The predicted molar refractivity (Wildman–Crippen MR) is 72.6 cm³/mol. The SMILES string of the molecule is COc1ccc(C(O)c2ccc(C)nc2)cc1OC. The lowest BCUT2D eigenvalue weighted by molar-refractivity contribution is 0.219. The Morgan fingerprint density at radius 2 is 1.68 bits per heavy atom. The van der Waals surface area contributed by atoms with Crippen LogP contribution in [0.15, 0.2) is 36.5 Å². The van der Waals surface area contributed by atoms with Gasteiger partial charge in [-0.15, -0.1) is 0 Å². The molecule has 0 spiro atoms. The first-order valence-corrected chi connectivity index (χ1v) is 5.98. The maximum atomic E-state index is 10.3. The molecule has 1 aromatic heterocycles. The van der Waals surface area contributed by atoms with E-state index in [1.54, 1.807) is 32.5 Å². The molecule has 1 aromatic carbocycles. The minimum Gasteiger partial charge on any atom is -0.493 e. The highest BCUT2D eigenvalue weighted by Crippen LogP contribution is 2.31. The Morgan fingerprint density at radius 1 is 1.00 bits per heavy atom. The van der Waals surface area contributed by atoms with Crippen molar-refractivity contribution in [3.05, 3.63) is 53.3 Å². The van der Waals surface area contributed by atoms with Crippen molar-refractivity contribution in [2.75, 3.05) is 14.2 Å². The summed E-state index contributed by atoms with van der Waals surface area (Å²) in [5, 5.41) is 10.3. The number of ether oxygens (including phenoxy) is 2. The molecular weight excluding hydrogens is 242 g/mol. The molecular formula is C15H17NO3. The largest absolute Gasteiger partial charge is 0.493 e. The third kappa shape index (κ3) is 2.85. The summed E-state index contributed by atoms with van der Waals surface area (Å²) < 4.78 is 10.4. The van der Waals surface area contributed by atoms with Gasteiger partial charge in [-0.2, -0.15) is 0 Å². The van der Waals surface area contributed by atoms with Gasteiger partial charge < -0.3 is 14.6 Å². The van der Waals surface area contributed by atoms with Gasteiger partial charge in [-0.3, -0.25) is 4.98 Å². The lowest BCUT2D eigenvalue weighted by atomic mass is 10.0. The van der Waals surface area contributed by atoms with Gasteiger partial charge in [0.25, 0.3) is 0 Å². The quantitative estimate of drug-likeness (QED) is 0.916. The molecule has 0 aliphatic rings. The monoisotopic (exact) mass is 259 g/mol. The smallest absolute Gasteiger partial charge is 0.161 e. The Morgan fingerprint density at radius 3 is 2.26 bits per heavy atom. The third-order valence-corrected chi connectivity index (χ3v) is 2.97. The van der Waals surface area contributed by atoms with Crippen LogP contribution in [0.1, 0.15) is 22.9 Å². The van der Waals surface area contributed by atoms with Crippen LogP contribution in [0.3, 0.4) is 0 Å². The second-order valence-corrected chi connectivity index (χ2v) is 4.25. The number of aromatic nitrogens is 1. The number of hydrogen-bond donors (Lipinski definition) is 1. The van der Waals surface area contributed by atoms with Crippen LogP contribution in [0, 0.1) is 6.92 Å². The lowest BCUT2D eigenvalue weighted by Crippen LogP contribution is -2.01. The van der Waals surface area contributed by atoms with Crippen LogP contribution in [0.5, 0.6) is 11.5 Å². The molecule has 100 valence electrons. The minimum absolute atomic E-state index is 0.596. The highest BCUT2D eigenvalue weighted by molar-refractivity contribution is 5.45. The van der Waals surface area contributed by atoms with Gasteiger partial charge in [0.15, 0.2) is 11.5 Å². The lowest BCUT2D eigenvalue weighted by Gasteiger charge is -2.14. The maximum Gasteiger partial charge on any atom is 0.161 e. The molecule has 0 bridgehead atoms. The number of hydrogen-bond acceptors (Lipinski definition) is 4. The van der Waals surface area contributed by atoms with Crippen molar-refractivity contribution < 1.29 is 14.6 Å². The zero-order chi connectivity index (χ0) is 13.8. The predicted octanol–water partition coefficient (Wildman–Crippen LogP) is 2.49. The van der Waals surface area contributed by atoms with Crippen LogP contribution in [0.2, 0.25) is 0 Å². The molecule has 1 N–H and O–H groups in total. The fourth-order valence-corrected chi connectivity index (χ4v) is 1.86. The van der Waals surface area contributed by atoms with Gasteiger partial charge in [-0.05, 0) is 30.7 Å². The van der Waals surface area contributed by atoms with E-state index in [0.717, 1.165) is 16.8 Å². The normalized spacial score (nSPS) is 12.0. The van der Waals surface area contributed by atoms with Gasteiger partial charge in [0.1, 0.15) is 6.10 Å². The van der Waals surface area contributed by atoms with Crippen molar-refractivity contribution in [3.63, 3.8) is 0 Å². The molecule has 1 heterocycles. The molecule has 4 nitrogen and oxygen atoms in total. The summed E-state index contributed by atoms with van der Waals surface area (Å²) in [6.45, 7) is 1.91. The molecule has 19 heavy (non-hydrogen) atoms. The average Bonchev–Trinajstić information content (AvgIpc) is 2.46. The molecule has 0 saturated carbocycles. The van der Waals surface area contributed by atoms with E-state index >= 15 is 0 Å². The van der Waals surface area contributed by atoms with Crippen molar-refractivity contribution in [2.24, 2.45) is 0 Å². The van der Waals surface area contributed by atoms with Crippen LogP contribution in [0.4, 0.5) is 0 Å². The zero-order valence-corrected chi connectivity index (χ0v) is 11.3. The number of nitrogens with zero attached hydrogens (tertiary/aromatic N) is 1. The second kappa shape index (κ2) is 5.71. The van der Waals surface area contributed by atoms with E-state index in [9.17, 15) is 5.11 Å². The Hall–Kier alpha value is -2.07. The average molecular weight is 259 g/mol. The van der Waals surface area contributed by atoms with E-state index in [1.807, 2.05) is 25.1 Å². The van der Waals surface area contributed by atoms with Gasteiger partial charge in [0, 0.05) is 17.5 Å². The highest BCUT2D eigenvalue weighted by Gasteiger charge is 2.13. The maximum absolute atomic E-state index is 10.3. The van der Waals surface area contributed by atoms with Crippen molar-refractivity contribution in [1.29, 1.82) is 0 Å². The van der Waals surface area contributed by atoms with E-state index in [-0.39, 0.29) is 0 Å². The number of aryl methyl sites for hydroxylation is 1. The molecule has 4 heteroatoms. The van der Waals surface area contributed by atoms with Crippen LogP contribution in [0.25, 0.3) is 0 Å². The Labute approximate surface area is 112 Å². The molecule has 1 atom stereocenters. The second-order valence-electron chi connectivity index (χ2n) is 4.25. The summed E-state index contributed by atoms with van der Waals surface area (Å²) in [5.41, 5.74) is 2.41. The summed E-state index contributed by atoms with van der Waals surface area (Å²) in [6, 6.07) is 9.09. The van der Waals surface area contributed by atoms with Gasteiger partial charge in [0.2, 0.25) is 0 Å². The van der Waals surface area contributed by atoms with E-state index < -0.39 is 6.10 Å². The topological polar surface area (TPSA) is 51.6 Å². The van der Waals surface area contributed by atoms with Crippen LogP contribution < -0.4 is 9.47 Å². The molecule has 0 fully saturated rings. The molecule has 0 aliphatic carbocycles. The van der Waals surface area contributed by atoms with Crippen molar-refractivity contribution >= 4 is 0 Å². The minimum atomic E-state index is -0.729. The van der Waals surface area contributed by atoms with Crippen LogP contribution in [-0.4, -0.2) is 24.3 Å². The molecule has 0 saturated heterocycles. The Bertz CT molecular complexity index is 552. The van der Waals surface area contributed by atoms with E-state index in [1.165, 1.54) is 0 Å². The van der Waals surface area contributed by atoms with Gasteiger partial charge in [-0.25, -0.2) is 0 Å². The molecule has 0 radical (unpaired) electrons. The Kier molecular flexibility index (Phi) is 4.02. The fraction of sp³-hybridized carbons (Fsp3) is 0.267. The number of rotatable bonds is 4. The number of aliphatic hydroxyl groups excluding tert-OH is 1. The first kappa shape index (κ1) is 13.4. The van der Waals surface area contributed by atoms with Crippen LogP contribution in [-0.2, 0) is 0 Å². The summed E-state index contributed by atoms with van der Waals surface area (Å²) in [7, 11) is 3.15. The number of methoxy groups -OCH3 is 2. The zero-order valence-electron chi connectivity index (χ0n) is 11.3. The Balaban J connectivity index is 2.33. The number of aliphatic hydroxyl groups is 1. The van der Waals surface area contributed by atoms with Crippen molar-refractivity contribution in [2.45, 2.75) is 13.0 Å². The molecule has 0 aliphatic heterocycles. The van der Waals surface area contributed by atoms with Gasteiger partial charge in [-0.1, -0.05) is 12.1 Å². The number of benzene rings is 1. The standard InChI is InChI=1S/C15H17NO3/c1-10-4-5-12(9-16-10)15(17)11-6-7-13(18-2)14(8-11)19-3/h4-9,15,17H,1-3H3. The van der Waals surface area contributed by atoms with Crippen LogP contribution >= 0.6 is 0 Å². The van der Waals surface area contributed by atoms with E-state index in [4.69, 9.17) is 9.47 Å². The number of pyridine rings is 1. The van der Waals surface area contributed by atoms with Gasteiger partial charge in [0.05, 0.1) is 14.2 Å². The first-order chi connectivity index (χ1) is 9.15. The van der Waals surface area contributed by atoms with Crippen molar-refractivity contribution in [3.8, 4) is 11.5 Å². The first-order valence-electron chi connectivity index (χ1n) is 5.98. The van der Waals surface area contributed by atoms with Crippen molar-refractivity contribution in [1.82, 2.24) is 4.98 Å². The summed E-state index contributed by atoms with van der Waals surface area (Å²) >= 11 is 0. The molecule has 2 aromatic rings. The highest BCUT2D eigenvalue weighted by atomic mass is 16.5. The molecule has 2 rings (SSSR count). The third-order valence-electron chi connectivity index (χ3n) is 2.97. The fourth-order valence-electron chi connectivity index (χ4n) is 1.86. The van der Waals surface area contributed by atoms with E-state index in [0.29, 0.717) is 11.5 Å². The molecule has 1 unspecified atom stereocenters. The van der Waals surface area contributed by atoms with Gasteiger partial charge >= 0.3 is 0 Å². The summed E-state index contributed by atoms with van der Waals surface area (Å²) in [4.78, 5) is 4.19. The summed E-state index contributed by atoms with van der Waals surface area (Å²) in [6.07, 6.45) is 0.948. The summed E-state index contributed by atoms with van der Waals surface area (Å²) in [5.74, 6) is 1.24. The van der Waals surface area contributed by atoms with E-state index in [2.05, 4.69) is 4.98 Å².